The van der Waals surface area contributed by atoms with Crippen molar-refractivity contribution in [2.45, 2.75) is 19.0 Å². The third kappa shape index (κ3) is 4.12. The number of methoxy groups -OCH3 is 2. The maximum absolute atomic E-state index is 13.5. The minimum Gasteiger partial charge on any atom is -0.493 e. The molecule has 1 aliphatic rings. The zero-order valence-corrected chi connectivity index (χ0v) is 19.4. The average molecular weight is 460 g/mol. The lowest BCUT2D eigenvalue weighted by atomic mass is 9.99. The van der Waals surface area contributed by atoms with Crippen LogP contribution in [0.1, 0.15) is 23.0 Å². The third-order valence-corrected chi connectivity index (χ3v) is 6.93. The molecule has 3 heterocycles. The Bertz CT molecular complexity index is 1260. The summed E-state index contributed by atoms with van der Waals surface area (Å²) in [6, 6.07) is 20.0. The number of fused-ring (bicyclic) bond motifs is 1. The number of benzene rings is 2. The number of amides is 1. The molecule has 0 radical (unpaired) electrons. The molecule has 4 aromatic rings. The van der Waals surface area contributed by atoms with Gasteiger partial charge in [0.25, 0.3) is 0 Å². The lowest BCUT2D eigenvalue weighted by molar-refractivity contribution is -0.133. The Morgan fingerprint density at radius 2 is 1.85 bits per heavy atom. The molecule has 168 valence electrons. The lowest BCUT2D eigenvalue weighted by Crippen LogP contribution is -2.43. The van der Waals surface area contributed by atoms with Crippen molar-refractivity contribution in [3.05, 3.63) is 89.2 Å². The van der Waals surface area contributed by atoms with Crippen LogP contribution in [0.5, 0.6) is 11.5 Å². The number of carbonyl (C=O) groups is 1. The van der Waals surface area contributed by atoms with Gasteiger partial charge >= 0.3 is 0 Å². The Hall–Kier alpha value is -3.58. The van der Waals surface area contributed by atoms with E-state index in [1.54, 1.807) is 14.2 Å². The predicted octanol–water partition coefficient (Wildman–Crippen LogP) is 4.80. The molecule has 7 heteroatoms. The molecular formula is C26H25N3O3S. The number of hydrogen-bond acceptors (Lipinski definition) is 5. The van der Waals surface area contributed by atoms with E-state index in [4.69, 9.17) is 14.5 Å². The molecule has 1 unspecified atom stereocenters. The van der Waals surface area contributed by atoms with Crippen molar-refractivity contribution in [2.75, 3.05) is 20.8 Å². The Labute approximate surface area is 197 Å². The van der Waals surface area contributed by atoms with Crippen LogP contribution in [0.25, 0.3) is 10.6 Å². The number of hydrogen-bond donors (Lipinski definition) is 0. The SMILES string of the molecule is COc1ccc(-c2nc(CC(=O)N3CCn4cccc4C3c3ccccc3)cs2)cc1OC. The molecule has 1 aliphatic heterocycles. The first-order chi connectivity index (χ1) is 16.2. The Morgan fingerprint density at radius 3 is 2.64 bits per heavy atom. The smallest absolute Gasteiger partial charge is 0.229 e. The minimum atomic E-state index is -0.0913. The third-order valence-electron chi connectivity index (χ3n) is 5.99. The maximum atomic E-state index is 13.5. The molecule has 0 N–H and O–H groups in total. The second-order valence-corrected chi connectivity index (χ2v) is 8.78. The van der Waals surface area contributed by atoms with Gasteiger partial charge in [0.05, 0.1) is 32.4 Å². The molecule has 33 heavy (non-hydrogen) atoms. The van der Waals surface area contributed by atoms with Crippen LogP contribution < -0.4 is 9.47 Å². The first-order valence-corrected chi connectivity index (χ1v) is 11.7. The predicted molar refractivity (Wildman–Crippen MR) is 129 cm³/mol. The molecular weight excluding hydrogens is 434 g/mol. The fourth-order valence-corrected chi connectivity index (χ4v) is 5.20. The molecule has 5 rings (SSSR count). The quantitative estimate of drug-likeness (QED) is 0.416. The summed E-state index contributed by atoms with van der Waals surface area (Å²) in [7, 11) is 3.23. The summed E-state index contributed by atoms with van der Waals surface area (Å²) in [5.74, 6) is 1.42. The summed E-state index contributed by atoms with van der Waals surface area (Å²) in [6.45, 7) is 1.47. The highest BCUT2D eigenvalue weighted by atomic mass is 32.1. The van der Waals surface area contributed by atoms with Gasteiger partial charge in [-0.15, -0.1) is 11.3 Å². The van der Waals surface area contributed by atoms with Crippen molar-refractivity contribution in [1.82, 2.24) is 14.5 Å². The first-order valence-electron chi connectivity index (χ1n) is 10.8. The summed E-state index contributed by atoms with van der Waals surface area (Å²) in [6.07, 6.45) is 2.36. The molecule has 1 amide bonds. The highest BCUT2D eigenvalue weighted by Crippen LogP contribution is 2.35. The van der Waals surface area contributed by atoms with Crippen molar-refractivity contribution in [3.8, 4) is 22.1 Å². The number of aromatic nitrogens is 2. The van der Waals surface area contributed by atoms with Crippen molar-refractivity contribution >= 4 is 17.2 Å². The fourth-order valence-electron chi connectivity index (χ4n) is 4.38. The number of rotatable bonds is 6. The summed E-state index contributed by atoms with van der Waals surface area (Å²) in [5.41, 5.74) is 3.98. The van der Waals surface area contributed by atoms with Gasteiger partial charge in [-0.25, -0.2) is 4.98 Å². The van der Waals surface area contributed by atoms with Crippen LogP contribution >= 0.6 is 11.3 Å². The van der Waals surface area contributed by atoms with Gasteiger partial charge < -0.3 is 18.9 Å². The Morgan fingerprint density at radius 1 is 1.03 bits per heavy atom. The molecule has 0 spiro atoms. The second kappa shape index (κ2) is 9.11. The summed E-state index contributed by atoms with van der Waals surface area (Å²) in [5, 5.41) is 2.82. The van der Waals surface area contributed by atoms with Crippen LogP contribution in [0.15, 0.2) is 72.2 Å². The number of thiazole rings is 1. The van der Waals surface area contributed by atoms with Crippen molar-refractivity contribution < 1.29 is 14.3 Å². The summed E-state index contributed by atoms with van der Waals surface area (Å²) < 4.78 is 13.0. The molecule has 1 atom stereocenters. The largest absolute Gasteiger partial charge is 0.493 e. The van der Waals surface area contributed by atoms with Gasteiger partial charge in [0.15, 0.2) is 11.5 Å². The standard InChI is InChI=1S/C26H25N3O3S/c1-31-22-11-10-19(15-23(22)32-2)26-27-20(17-33-26)16-24(30)29-14-13-28-12-6-9-21(28)25(29)18-7-4-3-5-8-18/h3-12,15,17,25H,13-14,16H2,1-2H3. The first kappa shape index (κ1) is 21.3. The van der Waals surface area contributed by atoms with Crippen molar-refractivity contribution in [1.29, 1.82) is 0 Å². The van der Waals surface area contributed by atoms with E-state index in [-0.39, 0.29) is 18.4 Å². The van der Waals surface area contributed by atoms with Gasteiger partial charge in [-0.3, -0.25) is 4.79 Å². The molecule has 0 bridgehead atoms. The molecule has 0 saturated heterocycles. The Kier molecular flexibility index (Phi) is 5.88. The number of ether oxygens (including phenoxy) is 2. The molecule has 0 aliphatic carbocycles. The maximum Gasteiger partial charge on any atom is 0.229 e. The van der Waals surface area contributed by atoms with Crippen LogP contribution in [0.2, 0.25) is 0 Å². The van der Waals surface area contributed by atoms with Gasteiger partial charge in [-0.2, -0.15) is 0 Å². The van der Waals surface area contributed by atoms with Crippen molar-refractivity contribution in [3.63, 3.8) is 0 Å². The summed E-state index contributed by atoms with van der Waals surface area (Å²) in [4.78, 5) is 20.2. The highest BCUT2D eigenvalue weighted by Gasteiger charge is 2.32. The van der Waals surface area contributed by atoms with E-state index in [1.165, 1.54) is 11.3 Å². The van der Waals surface area contributed by atoms with Crippen molar-refractivity contribution in [2.24, 2.45) is 0 Å². The van der Waals surface area contributed by atoms with Gasteiger partial charge in [-0.05, 0) is 35.9 Å². The molecule has 0 fully saturated rings. The monoisotopic (exact) mass is 459 g/mol. The van der Waals surface area contributed by atoms with Gasteiger partial charge in [0.1, 0.15) is 5.01 Å². The molecule has 2 aromatic carbocycles. The average Bonchev–Trinajstić information content (AvgIpc) is 3.53. The van der Waals surface area contributed by atoms with E-state index in [1.807, 2.05) is 46.7 Å². The number of carbonyl (C=O) groups excluding carboxylic acids is 1. The van der Waals surface area contributed by atoms with E-state index in [2.05, 4.69) is 35.0 Å². The molecule has 0 saturated carbocycles. The van der Waals surface area contributed by atoms with E-state index in [9.17, 15) is 4.79 Å². The topological polar surface area (TPSA) is 56.6 Å². The summed E-state index contributed by atoms with van der Waals surface area (Å²) >= 11 is 1.53. The Balaban J connectivity index is 1.38. The van der Waals surface area contributed by atoms with Crippen LogP contribution in [0.3, 0.4) is 0 Å². The van der Waals surface area contributed by atoms with Crippen LogP contribution in [-0.4, -0.2) is 41.1 Å². The fraction of sp³-hybridized carbons (Fsp3) is 0.231. The lowest BCUT2D eigenvalue weighted by Gasteiger charge is -2.37. The van der Waals surface area contributed by atoms with E-state index < -0.39 is 0 Å². The number of nitrogens with zero attached hydrogens (tertiary/aromatic N) is 3. The molecule has 2 aromatic heterocycles. The van der Waals surface area contributed by atoms with Gasteiger partial charge in [0.2, 0.25) is 5.91 Å². The van der Waals surface area contributed by atoms with Gasteiger partial charge in [0, 0.05) is 35.9 Å². The van der Waals surface area contributed by atoms with E-state index in [0.717, 1.165) is 34.1 Å². The normalized spacial score (nSPS) is 15.2. The van der Waals surface area contributed by atoms with E-state index >= 15 is 0 Å². The van der Waals surface area contributed by atoms with Gasteiger partial charge in [-0.1, -0.05) is 30.3 Å². The second-order valence-electron chi connectivity index (χ2n) is 7.92. The van der Waals surface area contributed by atoms with E-state index in [0.29, 0.717) is 18.0 Å². The van der Waals surface area contributed by atoms with Crippen LogP contribution in [0, 0.1) is 0 Å². The highest BCUT2D eigenvalue weighted by molar-refractivity contribution is 7.13. The van der Waals surface area contributed by atoms with Crippen LogP contribution in [0.4, 0.5) is 0 Å². The van der Waals surface area contributed by atoms with Crippen LogP contribution in [-0.2, 0) is 17.8 Å². The zero-order chi connectivity index (χ0) is 22.8. The minimum absolute atomic E-state index is 0.0838. The molecule has 6 nitrogen and oxygen atoms in total. The zero-order valence-electron chi connectivity index (χ0n) is 18.6.